The summed E-state index contributed by atoms with van der Waals surface area (Å²) in [5.74, 6) is -1.35. The van der Waals surface area contributed by atoms with Gasteiger partial charge in [-0.25, -0.2) is 9.79 Å². The van der Waals surface area contributed by atoms with E-state index in [1.807, 2.05) is 6.07 Å². The number of aromatic nitrogens is 1. The standard InChI is InChI=1S/C23H19N3O6S/c1-3-32-22(29)18-13(2)24-23-25(19(18)14-8-5-4-6-9-14)21(28)17(33-23)12-15-10-7-11-16(20(15)27)26(30)31/h4-12,19,27H,3H2,1-2H3/p-1/b17-12+/t19-/m0/s1. The van der Waals surface area contributed by atoms with E-state index >= 15 is 0 Å². The van der Waals surface area contributed by atoms with E-state index in [-0.39, 0.29) is 22.3 Å². The van der Waals surface area contributed by atoms with Crippen molar-refractivity contribution in [3.8, 4) is 5.75 Å². The summed E-state index contributed by atoms with van der Waals surface area (Å²) in [5, 5.41) is 23.6. The van der Waals surface area contributed by atoms with E-state index in [0.717, 1.165) is 17.4 Å². The molecule has 4 rings (SSSR count). The third-order valence-electron chi connectivity index (χ3n) is 5.14. The molecular weight excluding hydrogens is 446 g/mol. The predicted octanol–water partition coefficient (Wildman–Crippen LogP) is 1.78. The number of allylic oxidation sites excluding steroid dienone is 1. The number of carbonyl (C=O) groups excluding carboxylic acids is 1. The van der Waals surface area contributed by atoms with Crippen LogP contribution in [0.1, 0.15) is 31.0 Å². The molecule has 0 N–H and O–H groups in total. The summed E-state index contributed by atoms with van der Waals surface area (Å²) in [4.78, 5) is 41.4. The second-order valence-electron chi connectivity index (χ2n) is 7.17. The first-order chi connectivity index (χ1) is 15.8. The Morgan fingerprint density at radius 2 is 1.97 bits per heavy atom. The van der Waals surface area contributed by atoms with Gasteiger partial charge < -0.3 is 9.84 Å². The Morgan fingerprint density at radius 3 is 2.64 bits per heavy atom. The van der Waals surface area contributed by atoms with Gasteiger partial charge in [0, 0.05) is 6.07 Å². The molecule has 10 heteroatoms. The van der Waals surface area contributed by atoms with Crippen LogP contribution in [0, 0.1) is 10.1 Å². The van der Waals surface area contributed by atoms with Crippen molar-refractivity contribution in [3.63, 3.8) is 0 Å². The van der Waals surface area contributed by atoms with Crippen molar-refractivity contribution in [2.75, 3.05) is 6.61 Å². The van der Waals surface area contributed by atoms with Gasteiger partial charge in [-0.2, -0.15) is 0 Å². The molecule has 3 aromatic rings. The zero-order valence-electron chi connectivity index (χ0n) is 17.7. The second kappa shape index (κ2) is 8.83. The van der Waals surface area contributed by atoms with Crippen molar-refractivity contribution in [2.45, 2.75) is 19.9 Å². The normalized spacial score (nSPS) is 15.7. The molecule has 2 aromatic carbocycles. The van der Waals surface area contributed by atoms with Gasteiger partial charge in [0.1, 0.15) is 0 Å². The number of fused-ring (bicyclic) bond motifs is 1. The third-order valence-corrected chi connectivity index (χ3v) is 6.12. The van der Waals surface area contributed by atoms with E-state index in [1.165, 1.54) is 22.8 Å². The van der Waals surface area contributed by atoms with Crippen LogP contribution in [-0.2, 0) is 9.53 Å². The molecule has 1 aromatic heterocycles. The largest absolute Gasteiger partial charge is 0.867 e. The van der Waals surface area contributed by atoms with Crippen molar-refractivity contribution in [1.82, 2.24) is 4.57 Å². The van der Waals surface area contributed by atoms with E-state index in [9.17, 15) is 24.8 Å². The summed E-state index contributed by atoms with van der Waals surface area (Å²) in [6.07, 6.45) is 1.32. The number of thiazole rings is 1. The highest BCUT2D eigenvalue weighted by Gasteiger charge is 2.33. The lowest BCUT2D eigenvalue weighted by molar-refractivity contribution is -0.398. The first kappa shape index (κ1) is 22.2. The fourth-order valence-electron chi connectivity index (χ4n) is 3.68. The number of carbonyl (C=O) groups is 1. The number of nitro benzene ring substituents is 1. The Labute approximate surface area is 191 Å². The van der Waals surface area contributed by atoms with Crippen molar-refractivity contribution in [2.24, 2.45) is 4.99 Å². The lowest BCUT2D eigenvalue weighted by Gasteiger charge is -2.24. The van der Waals surface area contributed by atoms with Crippen molar-refractivity contribution >= 4 is 29.1 Å². The molecule has 0 radical (unpaired) electrons. The molecule has 168 valence electrons. The van der Waals surface area contributed by atoms with Crippen LogP contribution in [0.3, 0.4) is 0 Å². The molecule has 1 aliphatic heterocycles. The Bertz CT molecular complexity index is 1470. The molecular formula is C23H18N3O6S-. The molecule has 0 aliphatic carbocycles. The summed E-state index contributed by atoms with van der Waals surface area (Å²) in [5.41, 5.74) is 0.359. The number of ether oxygens (including phenoxy) is 1. The fraction of sp³-hybridized carbons (Fsp3) is 0.174. The van der Waals surface area contributed by atoms with Crippen molar-refractivity contribution in [1.29, 1.82) is 0 Å². The highest BCUT2D eigenvalue weighted by atomic mass is 32.1. The van der Waals surface area contributed by atoms with Gasteiger partial charge in [0.25, 0.3) is 11.2 Å². The summed E-state index contributed by atoms with van der Waals surface area (Å²) in [7, 11) is 0. The minimum atomic E-state index is -0.781. The van der Waals surface area contributed by atoms with E-state index in [4.69, 9.17) is 4.74 Å². The molecule has 0 unspecified atom stereocenters. The average Bonchev–Trinajstić information content (AvgIpc) is 3.09. The quantitative estimate of drug-likeness (QED) is 0.322. The third kappa shape index (κ3) is 3.96. The average molecular weight is 464 g/mol. The maximum atomic E-state index is 13.4. The van der Waals surface area contributed by atoms with Gasteiger partial charge in [-0.15, -0.1) is 0 Å². The van der Waals surface area contributed by atoms with E-state index < -0.39 is 33.9 Å². The number of para-hydroxylation sites is 1. The van der Waals surface area contributed by atoms with Gasteiger partial charge in [-0.3, -0.25) is 19.5 Å². The zero-order valence-corrected chi connectivity index (χ0v) is 18.5. The van der Waals surface area contributed by atoms with Gasteiger partial charge in [-0.1, -0.05) is 53.8 Å². The SMILES string of the molecule is CCOC(=O)C1=C(C)N=c2s/c(=C/c3cccc([N+](=O)[O-])c3[O-])c(=O)n2[C@H]1c1ccccc1. The molecule has 0 spiro atoms. The van der Waals surface area contributed by atoms with Crippen LogP contribution in [0.2, 0.25) is 0 Å². The number of nitrogens with zero attached hydrogens (tertiary/aromatic N) is 3. The lowest BCUT2D eigenvalue weighted by atomic mass is 9.96. The van der Waals surface area contributed by atoms with Crippen molar-refractivity contribution < 1.29 is 19.6 Å². The summed E-state index contributed by atoms with van der Waals surface area (Å²) >= 11 is 1.04. The maximum Gasteiger partial charge on any atom is 0.338 e. The summed E-state index contributed by atoms with van der Waals surface area (Å²) < 4.78 is 6.80. The monoisotopic (exact) mass is 464 g/mol. The number of benzene rings is 2. The Hall–Kier alpha value is -4.05. The van der Waals surface area contributed by atoms with Gasteiger partial charge in [0.2, 0.25) is 0 Å². The Kier molecular flexibility index (Phi) is 5.93. The first-order valence-electron chi connectivity index (χ1n) is 10.0. The number of esters is 1. The molecule has 9 nitrogen and oxygen atoms in total. The zero-order chi connectivity index (χ0) is 23.7. The predicted molar refractivity (Wildman–Crippen MR) is 119 cm³/mol. The van der Waals surface area contributed by atoms with Crippen molar-refractivity contribution in [3.05, 3.63) is 101 Å². The fourth-order valence-corrected chi connectivity index (χ4v) is 4.72. The van der Waals surface area contributed by atoms with Crippen LogP contribution < -0.4 is 20.0 Å². The van der Waals surface area contributed by atoms with Gasteiger partial charge in [0.05, 0.1) is 33.4 Å². The molecule has 0 fully saturated rings. The maximum absolute atomic E-state index is 13.4. The van der Waals surface area contributed by atoms with E-state index in [2.05, 4.69) is 4.99 Å². The Balaban J connectivity index is 1.96. The molecule has 0 bridgehead atoms. The highest BCUT2D eigenvalue weighted by molar-refractivity contribution is 7.07. The Morgan fingerprint density at radius 1 is 1.24 bits per heavy atom. The molecule has 0 amide bonds. The van der Waals surface area contributed by atoms with Crippen LogP contribution in [0.4, 0.5) is 5.69 Å². The second-order valence-corrected chi connectivity index (χ2v) is 8.17. The van der Waals surface area contributed by atoms with E-state index in [1.54, 1.807) is 38.1 Å². The number of hydrogen-bond donors (Lipinski definition) is 0. The lowest BCUT2D eigenvalue weighted by Crippen LogP contribution is -2.39. The first-order valence-corrected chi connectivity index (χ1v) is 10.8. The van der Waals surface area contributed by atoms with Crippen LogP contribution >= 0.6 is 11.3 Å². The topological polar surface area (TPSA) is 127 Å². The van der Waals surface area contributed by atoms with Crippen LogP contribution in [0.25, 0.3) is 6.08 Å². The minimum Gasteiger partial charge on any atom is -0.867 e. The number of nitro groups is 1. The van der Waals surface area contributed by atoms with E-state index in [0.29, 0.717) is 16.1 Å². The smallest absolute Gasteiger partial charge is 0.338 e. The molecule has 1 aliphatic rings. The molecule has 0 saturated carbocycles. The van der Waals surface area contributed by atoms with Gasteiger partial charge >= 0.3 is 5.97 Å². The number of rotatable bonds is 5. The molecule has 1 atom stereocenters. The number of hydrogen-bond acceptors (Lipinski definition) is 8. The van der Waals surface area contributed by atoms with Crippen LogP contribution in [-0.4, -0.2) is 22.1 Å². The summed E-state index contributed by atoms with van der Waals surface area (Å²) in [6.45, 7) is 3.54. The summed E-state index contributed by atoms with van der Waals surface area (Å²) in [6, 6.07) is 12.2. The van der Waals surface area contributed by atoms with Gasteiger partial charge in [0.15, 0.2) is 4.80 Å². The highest BCUT2D eigenvalue weighted by Crippen LogP contribution is 2.31. The molecule has 0 saturated heterocycles. The van der Waals surface area contributed by atoms with Crippen LogP contribution in [0.15, 0.2) is 69.6 Å². The minimum absolute atomic E-state index is 0.0204. The molecule has 33 heavy (non-hydrogen) atoms. The van der Waals surface area contributed by atoms with Crippen LogP contribution in [0.5, 0.6) is 5.75 Å². The van der Waals surface area contributed by atoms with Gasteiger partial charge in [-0.05, 0) is 36.8 Å². The molecule has 2 heterocycles.